The lowest BCUT2D eigenvalue weighted by atomic mass is 10.3. The number of fused-ring (bicyclic) bond motifs is 1. The number of nitrogens with zero attached hydrogens (tertiary/aromatic N) is 3. The Labute approximate surface area is 150 Å². The van der Waals surface area contributed by atoms with Crippen LogP contribution in [-0.4, -0.2) is 65.4 Å². The molecule has 2 atom stereocenters. The second kappa shape index (κ2) is 7.23. The molecule has 8 heteroatoms. The van der Waals surface area contributed by atoms with E-state index in [1.807, 2.05) is 29.3 Å². The van der Waals surface area contributed by atoms with E-state index in [9.17, 15) is 4.79 Å². The Kier molecular flexibility index (Phi) is 4.82. The second-order valence-corrected chi connectivity index (χ2v) is 7.16. The molecule has 2 aromatic heterocycles. The molecule has 4 heterocycles. The molecular weight excluding hydrogens is 342 g/mol. The van der Waals surface area contributed by atoms with Crippen molar-refractivity contribution >= 4 is 17.7 Å². The summed E-state index contributed by atoms with van der Waals surface area (Å²) in [6.45, 7) is 2.11. The van der Waals surface area contributed by atoms with Gasteiger partial charge in [-0.2, -0.15) is 16.9 Å². The van der Waals surface area contributed by atoms with Gasteiger partial charge in [0.05, 0.1) is 38.1 Å². The van der Waals surface area contributed by atoms with Crippen molar-refractivity contribution in [2.24, 2.45) is 0 Å². The Balaban J connectivity index is 1.38. The second-order valence-electron chi connectivity index (χ2n) is 6.29. The first-order chi connectivity index (χ1) is 12.2. The van der Waals surface area contributed by atoms with Gasteiger partial charge < -0.3 is 18.8 Å². The molecule has 25 heavy (non-hydrogen) atoms. The van der Waals surface area contributed by atoms with Gasteiger partial charge in [0.15, 0.2) is 5.76 Å². The standard InChI is InChI=1S/C17H21N3O4S/c1-25-11-13-3-4-14(24-13)17(21)19-7-15-16(8-19)23-10-12(9-22-15)20-6-2-5-18-20/h2-6,12,15-16H,7-11H2,1H3/t15-,16-/m0/s1. The zero-order valence-electron chi connectivity index (χ0n) is 14.0. The summed E-state index contributed by atoms with van der Waals surface area (Å²) < 4.78 is 19.5. The third-order valence-electron chi connectivity index (χ3n) is 4.57. The summed E-state index contributed by atoms with van der Waals surface area (Å²) >= 11 is 1.66. The summed E-state index contributed by atoms with van der Waals surface area (Å²) in [4.78, 5) is 14.4. The summed E-state index contributed by atoms with van der Waals surface area (Å²) in [5.41, 5.74) is 0. The normalized spacial score (nSPS) is 24.3. The molecule has 0 saturated carbocycles. The van der Waals surface area contributed by atoms with E-state index < -0.39 is 0 Å². The van der Waals surface area contributed by atoms with Gasteiger partial charge in [-0.05, 0) is 24.5 Å². The Morgan fingerprint density at radius 3 is 2.68 bits per heavy atom. The van der Waals surface area contributed by atoms with Crippen LogP contribution in [0.5, 0.6) is 0 Å². The Morgan fingerprint density at radius 1 is 1.28 bits per heavy atom. The van der Waals surface area contributed by atoms with Crippen LogP contribution >= 0.6 is 11.8 Å². The van der Waals surface area contributed by atoms with Gasteiger partial charge in [-0.1, -0.05) is 0 Å². The molecule has 2 aliphatic heterocycles. The van der Waals surface area contributed by atoms with Gasteiger partial charge in [-0.3, -0.25) is 9.48 Å². The molecule has 0 bridgehead atoms. The fraction of sp³-hybridized carbons (Fsp3) is 0.529. The molecule has 2 saturated heterocycles. The maximum absolute atomic E-state index is 12.6. The maximum Gasteiger partial charge on any atom is 0.289 e. The van der Waals surface area contributed by atoms with Crippen LogP contribution in [0.1, 0.15) is 22.4 Å². The van der Waals surface area contributed by atoms with Crippen molar-refractivity contribution in [1.29, 1.82) is 0 Å². The topological polar surface area (TPSA) is 69.7 Å². The van der Waals surface area contributed by atoms with E-state index in [1.54, 1.807) is 28.9 Å². The average molecular weight is 363 g/mol. The van der Waals surface area contributed by atoms with Crippen LogP contribution in [-0.2, 0) is 15.2 Å². The third kappa shape index (κ3) is 3.47. The highest BCUT2D eigenvalue weighted by atomic mass is 32.2. The van der Waals surface area contributed by atoms with Gasteiger partial charge in [-0.15, -0.1) is 0 Å². The predicted octanol–water partition coefficient (Wildman–Crippen LogP) is 1.82. The summed E-state index contributed by atoms with van der Waals surface area (Å²) in [6.07, 6.45) is 5.46. The van der Waals surface area contributed by atoms with Crippen molar-refractivity contribution in [1.82, 2.24) is 14.7 Å². The largest absolute Gasteiger partial charge is 0.455 e. The van der Waals surface area contributed by atoms with E-state index in [0.717, 1.165) is 11.5 Å². The van der Waals surface area contributed by atoms with Crippen LogP contribution in [0.25, 0.3) is 0 Å². The van der Waals surface area contributed by atoms with Crippen molar-refractivity contribution in [3.05, 3.63) is 42.1 Å². The third-order valence-corrected chi connectivity index (χ3v) is 5.14. The Morgan fingerprint density at radius 2 is 2.04 bits per heavy atom. The molecular formula is C17H21N3O4S. The van der Waals surface area contributed by atoms with Gasteiger partial charge in [0, 0.05) is 12.4 Å². The highest BCUT2D eigenvalue weighted by Crippen LogP contribution is 2.25. The highest BCUT2D eigenvalue weighted by molar-refractivity contribution is 7.97. The van der Waals surface area contributed by atoms with Crippen LogP contribution < -0.4 is 0 Å². The molecule has 1 amide bonds. The van der Waals surface area contributed by atoms with Crippen molar-refractivity contribution in [2.75, 3.05) is 32.6 Å². The SMILES string of the molecule is CSCc1ccc(C(=O)N2C[C@@H]3OCC(n4cccn4)CO[C@H]3C2)o1. The molecule has 2 fully saturated rings. The predicted molar refractivity (Wildman–Crippen MR) is 92.6 cm³/mol. The lowest BCUT2D eigenvalue weighted by Crippen LogP contribution is -2.31. The number of hydrogen-bond donors (Lipinski definition) is 0. The minimum absolute atomic E-state index is 0.0731. The van der Waals surface area contributed by atoms with Crippen molar-refractivity contribution in [3.63, 3.8) is 0 Å². The summed E-state index contributed by atoms with van der Waals surface area (Å²) in [6, 6.07) is 5.57. The van der Waals surface area contributed by atoms with Crippen molar-refractivity contribution in [2.45, 2.75) is 24.0 Å². The van der Waals surface area contributed by atoms with Gasteiger partial charge in [0.1, 0.15) is 18.0 Å². The van der Waals surface area contributed by atoms with E-state index in [-0.39, 0.29) is 24.2 Å². The number of likely N-dealkylation sites (tertiary alicyclic amines) is 1. The molecule has 0 radical (unpaired) electrons. The number of aromatic nitrogens is 2. The first kappa shape index (κ1) is 16.7. The number of carbonyl (C=O) groups is 1. The molecule has 0 N–H and O–H groups in total. The lowest BCUT2D eigenvalue weighted by Gasteiger charge is -2.18. The summed E-state index contributed by atoms with van der Waals surface area (Å²) in [7, 11) is 0. The number of hydrogen-bond acceptors (Lipinski definition) is 6. The number of ether oxygens (including phenoxy) is 2. The minimum atomic E-state index is -0.106. The van der Waals surface area contributed by atoms with Gasteiger partial charge in [-0.25, -0.2) is 0 Å². The van der Waals surface area contributed by atoms with Gasteiger partial charge in [0.25, 0.3) is 5.91 Å². The van der Waals surface area contributed by atoms with E-state index in [2.05, 4.69) is 5.10 Å². The van der Waals surface area contributed by atoms with E-state index >= 15 is 0 Å². The molecule has 134 valence electrons. The molecule has 0 spiro atoms. The molecule has 7 nitrogen and oxygen atoms in total. The molecule has 0 aromatic carbocycles. The quantitative estimate of drug-likeness (QED) is 0.825. The smallest absolute Gasteiger partial charge is 0.289 e. The molecule has 0 unspecified atom stereocenters. The van der Waals surface area contributed by atoms with Gasteiger partial charge in [0.2, 0.25) is 0 Å². The zero-order chi connectivity index (χ0) is 17.2. The molecule has 4 rings (SSSR count). The van der Waals surface area contributed by atoms with Crippen LogP contribution in [0.2, 0.25) is 0 Å². The first-order valence-electron chi connectivity index (χ1n) is 8.34. The van der Waals surface area contributed by atoms with Crippen LogP contribution in [0.15, 0.2) is 35.0 Å². The average Bonchev–Trinajstić information content (AvgIpc) is 3.35. The van der Waals surface area contributed by atoms with Crippen LogP contribution in [0.4, 0.5) is 0 Å². The van der Waals surface area contributed by atoms with Crippen molar-refractivity contribution in [3.8, 4) is 0 Å². The van der Waals surface area contributed by atoms with E-state index in [0.29, 0.717) is 32.1 Å². The van der Waals surface area contributed by atoms with Crippen molar-refractivity contribution < 1.29 is 18.7 Å². The Hall–Kier alpha value is -1.77. The fourth-order valence-corrected chi connectivity index (χ4v) is 3.70. The van der Waals surface area contributed by atoms with Gasteiger partial charge >= 0.3 is 0 Å². The summed E-state index contributed by atoms with van der Waals surface area (Å²) in [5, 5.41) is 4.25. The maximum atomic E-state index is 12.6. The van der Waals surface area contributed by atoms with Crippen LogP contribution in [0.3, 0.4) is 0 Å². The highest BCUT2D eigenvalue weighted by Gasteiger charge is 2.40. The zero-order valence-corrected chi connectivity index (χ0v) is 14.9. The Bertz CT molecular complexity index is 701. The number of rotatable bonds is 4. The lowest BCUT2D eigenvalue weighted by molar-refractivity contribution is -0.00461. The molecule has 2 aliphatic rings. The number of thioether (sulfide) groups is 1. The summed E-state index contributed by atoms with van der Waals surface area (Å²) in [5.74, 6) is 1.87. The molecule has 2 aromatic rings. The van der Waals surface area contributed by atoms with Crippen LogP contribution in [0, 0.1) is 0 Å². The monoisotopic (exact) mass is 363 g/mol. The van der Waals surface area contributed by atoms with E-state index in [4.69, 9.17) is 13.9 Å². The minimum Gasteiger partial charge on any atom is -0.455 e. The fourth-order valence-electron chi connectivity index (χ4n) is 3.27. The van der Waals surface area contributed by atoms with E-state index in [1.165, 1.54) is 0 Å². The first-order valence-corrected chi connectivity index (χ1v) is 9.73. The number of furan rings is 1. The number of carbonyl (C=O) groups excluding carboxylic acids is 1. The molecule has 0 aliphatic carbocycles. The number of amides is 1.